The van der Waals surface area contributed by atoms with E-state index in [2.05, 4.69) is 16.0 Å². The van der Waals surface area contributed by atoms with Gasteiger partial charge in [-0.2, -0.15) is 0 Å². The van der Waals surface area contributed by atoms with E-state index in [1.807, 2.05) is 74.5 Å². The highest BCUT2D eigenvalue weighted by atomic mass is 16.5. The molecule has 43 heavy (non-hydrogen) atoms. The van der Waals surface area contributed by atoms with Crippen LogP contribution in [0.1, 0.15) is 50.8 Å². The molecule has 10 nitrogen and oxygen atoms in total. The summed E-state index contributed by atoms with van der Waals surface area (Å²) < 4.78 is 11.0. The summed E-state index contributed by atoms with van der Waals surface area (Å²) in [6, 6.07) is 23.0. The molecule has 0 radical (unpaired) electrons. The number of ketones is 1. The predicted octanol–water partition coefficient (Wildman–Crippen LogP) is 4.43. The minimum atomic E-state index is -1.11. The molecular formula is C33H39N3O7. The van der Waals surface area contributed by atoms with Gasteiger partial charge >= 0.3 is 6.09 Å². The summed E-state index contributed by atoms with van der Waals surface area (Å²) in [7, 11) is 0. The molecule has 0 fully saturated rings. The molecule has 0 aliphatic heterocycles. The number of carbonyl (C=O) groups is 4. The lowest BCUT2D eigenvalue weighted by molar-refractivity contribution is -0.140. The van der Waals surface area contributed by atoms with Crippen LogP contribution in [-0.2, 0) is 25.7 Å². The van der Waals surface area contributed by atoms with Crippen LogP contribution in [0.4, 0.5) is 4.79 Å². The monoisotopic (exact) mass is 589 g/mol. The summed E-state index contributed by atoms with van der Waals surface area (Å²) >= 11 is 0. The number of amides is 3. The smallest absolute Gasteiger partial charge is 0.408 e. The molecule has 0 spiro atoms. The fourth-order valence-corrected chi connectivity index (χ4v) is 4.17. The molecule has 3 atom stereocenters. The van der Waals surface area contributed by atoms with E-state index >= 15 is 0 Å². The van der Waals surface area contributed by atoms with Gasteiger partial charge in [0.15, 0.2) is 0 Å². The normalized spacial score (nSPS) is 12.9. The molecular weight excluding hydrogens is 550 g/mol. The van der Waals surface area contributed by atoms with Gasteiger partial charge in [0, 0.05) is 6.54 Å². The average molecular weight is 590 g/mol. The van der Waals surface area contributed by atoms with Crippen molar-refractivity contribution in [2.24, 2.45) is 5.92 Å². The number of ether oxygens (including phenoxy) is 2. The molecule has 0 saturated heterocycles. The van der Waals surface area contributed by atoms with Crippen molar-refractivity contribution >= 4 is 23.7 Å². The van der Waals surface area contributed by atoms with Crippen molar-refractivity contribution in [2.45, 2.75) is 58.4 Å². The van der Waals surface area contributed by atoms with E-state index in [1.54, 1.807) is 31.2 Å². The highest BCUT2D eigenvalue weighted by Gasteiger charge is 2.30. The Morgan fingerprint density at radius 1 is 0.791 bits per heavy atom. The Morgan fingerprint density at radius 3 is 2.00 bits per heavy atom. The number of benzene rings is 3. The van der Waals surface area contributed by atoms with Gasteiger partial charge in [-0.25, -0.2) is 4.79 Å². The molecule has 1 unspecified atom stereocenters. The molecule has 0 aliphatic rings. The Bertz CT molecular complexity index is 1330. The highest BCUT2D eigenvalue weighted by molar-refractivity contribution is 6.38. The number of para-hydroxylation sites is 1. The van der Waals surface area contributed by atoms with E-state index in [-0.39, 0.29) is 25.5 Å². The van der Waals surface area contributed by atoms with Crippen molar-refractivity contribution in [2.75, 3.05) is 6.54 Å². The average Bonchev–Trinajstić information content (AvgIpc) is 3.01. The molecule has 0 heterocycles. The first kappa shape index (κ1) is 32.8. The number of carbonyl (C=O) groups excluding carboxylic acids is 4. The number of alkyl carbamates (subject to hydrolysis) is 1. The van der Waals surface area contributed by atoms with Crippen LogP contribution >= 0.6 is 0 Å². The van der Waals surface area contributed by atoms with Gasteiger partial charge in [0.05, 0.1) is 12.1 Å². The number of hydrogen-bond donors (Lipinski definition) is 4. The summed E-state index contributed by atoms with van der Waals surface area (Å²) in [4.78, 5) is 51.0. The first-order chi connectivity index (χ1) is 20.7. The molecule has 3 aromatic rings. The maximum absolute atomic E-state index is 13.1. The third-order valence-corrected chi connectivity index (χ3v) is 6.49. The fourth-order valence-electron chi connectivity index (χ4n) is 4.17. The van der Waals surface area contributed by atoms with Gasteiger partial charge in [0.25, 0.3) is 5.91 Å². The first-order valence-corrected chi connectivity index (χ1v) is 14.3. The van der Waals surface area contributed by atoms with Crippen molar-refractivity contribution in [3.05, 3.63) is 96.1 Å². The summed E-state index contributed by atoms with van der Waals surface area (Å²) in [6.07, 6.45) is -1.39. The van der Waals surface area contributed by atoms with Gasteiger partial charge in [-0.05, 0) is 54.2 Å². The van der Waals surface area contributed by atoms with Gasteiger partial charge in [0.2, 0.25) is 11.7 Å². The molecule has 10 heteroatoms. The van der Waals surface area contributed by atoms with Crippen LogP contribution in [0.2, 0.25) is 0 Å². The van der Waals surface area contributed by atoms with E-state index in [9.17, 15) is 24.3 Å². The quantitative estimate of drug-likeness (QED) is 0.192. The maximum atomic E-state index is 13.1. The minimum Gasteiger partial charge on any atom is -0.457 e. The predicted molar refractivity (Wildman–Crippen MR) is 161 cm³/mol. The second-order valence-electron chi connectivity index (χ2n) is 10.4. The van der Waals surface area contributed by atoms with Crippen molar-refractivity contribution in [1.82, 2.24) is 16.0 Å². The lowest BCUT2D eigenvalue weighted by Gasteiger charge is -2.23. The number of aliphatic hydroxyl groups excluding tert-OH is 1. The topological polar surface area (TPSA) is 143 Å². The number of rotatable bonds is 15. The molecule has 0 aromatic heterocycles. The Balaban J connectivity index is 1.50. The van der Waals surface area contributed by atoms with E-state index in [4.69, 9.17) is 9.47 Å². The molecule has 4 N–H and O–H groups in total. The third-order valence-electron chi connectivity index (χ3n) is 6.49. The van der Waals surface area contributed by atoms with Crippen LogP contribution < -0.4 is 20.7 Å². The maximum Gasteiger partial charge on any atom is 0.408 e. The van der Waals surface area contributed by atoms with Crippen molar-refractivity contribution in [3.8, 4) is 11.5 Å². The van der Waals surface area contributed by atoms with Crippen LogP contribution in [0.3, 0.4) is 0 Å². The zero-order valence-electron chi connectivity index (χ0n) is 24.6. The van der Waals surface area contributed by atoms with Crippen molar-refractivity contribution < 1.29 is 33.8 Å². The summed E-state index contributed by atoms with van der Waals surface area (Å²) in [6.45, 7) is 5.27. The van der Waals surface area contributed by atoms with E-state index < -0.39 is 41.9 Å². The molecule has 3 aromatic carbocycles. The molecule has 0 bridgehead atoms. The van der Waals surface area contributed by atoms with E-state index in [1.165, 1.54) is 0 Å². The summed E-state index contributed by atoms with van der Waals surface area (Å²) in [5.41, 5.74) is 1.32. The summed E-state index contributed by atoms with van der Waals surface area (Å²) in [5, 5.41) is 18.1. The Hall–Kier alpha value is -4.70. The lowest BCUT2D eigenvalue weighted by Crippen LogP contribution is -2.54. The van der Waals surface area contributed by atoms with Gasteiger partial charge in [-0.1, -0.05) is 81.4 Å². The largest absolute Gasteiger partial charge is 0.457 e. The molecule has 3 rings (SSSR count). The number of aliphatic hydroxyl groups is 1. The zero-order valence-corrected chi connectivity index (χ0v) is 24.6. The minimum absolute atomic E-state index is 0.0381. The van der Waals surface area contributed by atoms with Crippen molar-refractivity contribution in [1.29, 1.82) is 0 Å². The van der Waals surface area contributed by atoms with Crippen molar-refractivity contribution in [3.63, 3.8) is 0 Å². The van der Waals surface area contributed by atoms with Crippen LogP contribution in [0.5, 0.6) is 11.5 Å². The second kappa shape index (κ2) is 16.7. The van der Waals surface area contributed by atoms with Gasteiger partial charge in [0.1, 0.15) is 24.1 Å². The van der Waals surface area contributed by atoms with Crippen LogP contribution in [0, 0.1) is 5.92 Å². The Labute approximate surface area is 251 Å². The van der Waals surface area contributed by atoms with Gasteiger partial charge in [-0.15, -0.1) is 0 Å². The van der Waals surface area contributed by atoms with Gasteiger partial charge < -0.3 is 30.5 Å². The lowest BCUT2D eigenvalue weighted by atomic mass is 10.0. The molecule has 3 amide bonds. The Kier molecular flexibility index (Phi) is 12.7. The van der Waals surface area contributed by atoms with Gasteiger partial charge in [-0.3, -0.25) is 14.4 Å². The van der Waals surface area contributed by atoms with Crippen LogP contribution in [0.25, 0.3) is 0 Å². The Morgan fingerprint density at radius 2 is 1.40 bits per heavy atom. The zero-order chi connectivity index (χ0) is 31.2. The SMILES string of the molecule is CC[C@H](NC(=O)[C@H](CC(C)C)NC(=O)OCc1ccccc1)C(=O)C(=O)NCC(O)c1ccc(Oc2ccccc2)cc1. The fraction of sp³-hybridized carbons (Fsp3) is 0.333. The molecule has 0 saturated carbocycles. The standard InChI is InChI=1S/C33H39N3O7/c1-4-27(35-31(39)28(19-22(2)3)36-33(41)42-21-23-11-7-5-8-12-23)30(38)32(40)34-20-29(37)24-15-17-26(18-16-24)43-25-13-9-6-10-14-25/h5-18,22,27-29,37H,4,19-21H2,1-3H3,(H,34,40)(H,35,39)(H,36,41)/t27-,28-,29?/m0/s1. The number of Topliss-reactive ketones (excluding diaryl/α,β-unsaturated/α-hetero) is 1. The molecule has 228 valence electrons. The second-order valence-corrected chi connectivity index (χ2v) is 10.4. The number of nitrogens with one attached hydrogen (secondary N) is 3. The highest BCUT2D eigenvalue weighted by Crippen LogP contribution is 2.23. The number of hydrogen-bond acceptors (Lipinski definition) is 7. The van der Waals surface area contributed by atoms with E-state index in [0.29, 0.717) is 23.5 Å². The van der Waals surface area contributed by atoms with Crippen LogP contribution in [-0.4, -0.2) is 47.4 Å². The summed E-state index contributed by atoms with van der Waals surface area (Å²) in [5.74, 6) is -1.09. The van der Waals surface area contributed by atoms with E-state index in [0.717, 1.165) is 5.56 Å². The van der Waals surface area contributed by atoms with Crippen LogP contribution in [0.15, 0.2) is 84.9 Å². The third kappa shape index (κ3) is 10.9. The molecule has 0 aliphatic carbocycles. The first-order valence-electron chi connectivity index (χ1n) is 14.3.